The number of nitrogens with two attached hydrogens (primary N) is 1. The van der Waals surface area contributed by atoms with Crippen LogP contribution >= 0.6 is 0 Å². The van der Waals surface area contributed by atoms with E-state index in [2.05, 4.69) is 28.9 Å². The van der Waals surface area contributed by atoms with E-state index in [4.69, 9.17) is 5.73 Å². The maximum absolute atomic E-state index is 6.14. The Morgan fingerprint density at radius 1 is 1.22 bits per heavy atom. The maximum Gasteiger partial charge on any atom is 0.191 e. The van der Waals surface area contributed by atoms with Crippen LogP contribution in [0, 0.1) is 5.92 Å². The Kier molecular flexibility index (Phi) is 4.87. The van der Waals surface area contributed by atoms with Gasteiger partial charge in [0.1, 0.15) is 0 Å². The molecule has 1 heterocycles. The van der Waals surface area contributed by atoms with Gasteiger partial charge >= 0.3 is 0 Å². The van der Waals surface area contributed by atoms with Gasteiger partial charge in [-0.1, -0.05) is 12.8 Å². The van der Waals surface area contributed by atoms with E-state index in [-0.39, 0.29) is 0 Å². The van der Waals surface area contributed by atoms with E-state index in [1.807, 2.05) is 0 Å². The summed E-state index contributed by atoms with van der Waals surface area (Å²) in [6.07, 6.45) is 7.92. The first-order valence-corrected chi connectivity index (χ1v) is 7.40. The minimum atomic E-state index is 0.579. The molecule has 0 aromatic heterocycles. The molecule has 2 aliphatic rings. The molecule has 0 radical (unpaired) electrons. The normalized spacial score (nSPS) is 24.2. The lowest BCUT2D eigenvalue weighted by atomic mass is 10.2. The Labute approximate surface area is 111 Å². The first-order chi connectivity index (χ1) is 8.68. The van der Waals surface area contributed by atoms with Crippen molar-refractivity contribution in [2.45, 2.75) is 44.6 Å². The predicted octanol–water partition coefficient (Wildman–Crippen LogP) is 1.52. The van der Waals surface area contributed by atoms with Crippen LogP contribution < -0.4 is 5.73 Å². The highest BCUT2D eigenvalue weighted by atomic mass is 15.3. The molecule has 0 amide bonds. The fourth-order valence-corrected chi connectivity index (χ4v) is 2.80. The second-order valence-electron chi connectivity index (χ2n) is 5.97. The topological polar surface area (TPSA) is 44.9 Å². The highest BCUT2D eigenvalue weighted by Gasteiger charge is 2.32. The summed E-state index contributed by atoms with van der Waals surface area (Å²) in [6.45, 7) is 3.04. The van der Waals surface area contributed by atoms with Crippen LogP contribution in [0.25, 0.3) is 0 Å². The van der Waals surface area contributed by atoms with E-state index in [0.717, 1.165) is 31.5 Å². The molecule has 0 unspecified atom stereocenters. The number of hydrogen-bond donors (Lipinski definition) is 1. The fourth-order valence-electron chi connectivity index (χ4n) is 2.80. The zero-order valence-corrected chi connectivity index (χ0v) is 11.9. The number of likely N-dealkylation sites (tertiary alicyclic amines) is 1. The molecule has 2 rings (SSSR count). The molecule has 0 aromatic rings. The van der Waals surface area contributed by atoms with Gasteiger partial charge in [0, 0.05) is 19.1 Å². The highest BCUT2D eigenvalue weighted by molar-refractivity contribution is 5.78. The quantitative estimate of drug-likeness (QED) is 0.609. The van der Waals surface area contributed by atoms with Crippen molar-refractivity contribution < 1.29 is 0 Å². The van der Waals surface area contributed by atoms with E-state index in [1.54, 1.807) is 0 Å². The molecule has 0 bridgehead atoms. The summed E-state index contributed by atoms with van der Waals surface area (Å²) in [4.78, 5) is 9.22. The first kappa shape index (κ1) is 13.7. The molecule has 1 aliphatic heterocycles. The van der Waals surface area contributed by atoms with Crippen LogP contribution in [0.2, 0.25) is 0 Å². The SMILES string of the molecule is CN(C)[C@H](CN=C(N)N1CCCCCC1)C1CC1. The van der Waals surface area contributed by atoms with E-state index in [0.29, 0.717) is 6.04 Å². The maximum atomic E-state index is 6.14. The smallest absolute Gasteiger partial charge is 0.191 e. The summed E-state index contributed by atoms with van der Waals surface area (Å²) < 4.78 is 0. The summed E-state index contributed by atoms with van der Waals surface area (Å²) in [5.74, 6) is 1.62. The Morgan fingerprint density at radius 3 is 2.33 bits per heavy atom. The molecule has 1 aliphatic carbocycles. The van der Waals surface area contributed by atoms with Gasteiger partial charge in [0.15, 0.2) is 5.96 Å². The third kappa shape index (κ3) is 3.87. The van der Waals surface area contributed by atoms with Crippen LogP contribution in [0.5, 0.6) is 0 Å². The van der Waals surface area contributed by atoms with Crippen molar-refractivity contribution in [3.63, 3.8) is 0 Å². The number of guanidine groups is 1. The van der Waals surface area contributed by atoms with Crippen LogP contribution in [0.4, 0.5) is 0 Å². The molecular weight excluding hydrogens is 224 g/mol. The summed E-state index contributed by atoms with van der Waals surface area (Å²) in [6, 6.07) is 0.579. The van der Waals surface area contributed by atoms with Gasteiger partial charge in [0.2, 0.25) is 0 Å². The molecule has 4 nitrogen and oxygen atoms in total. The molecule has 2 fully saturated rings. The minimum absolute atomic E-state index is 0.579. The van der Waals surface area contributed by atoms with Crippen molar-refractivity contribution in [3.05, 3.63) is 0 Å². The number of rotatable bonds is 4. The third-order valence-corrected chi connectivity index (χ3v) is 4.20. The van der Waals surface area contributed by atoms with E-state index < -0.39 is 0 Å². The monoisotopic (exact) mass is 252 g/mol. The Balaban J connectivity index is 1.86. The molecule has 4 heteroatoms. The lowest BCUT2D eigenvalue weighted by molar-refractivity contribution is 0.270. The molecule has 104 valence electrons. The van der Waals surface area contributed by atoms with Crippen LogP contribution in [-0.4, -0.2) is 55.5 Å². The second kappa shape index (κ2) is 6.41. The van der Waals surface area contributed by atoms with Gasteiger partial charge in [-0.2, -0.15) is 0 Å². The molecule has 18 heavy (non-hydrogen) atoms. The van der Waals surface area contributed by atoms with Crippen LogP contribution in [0.1, 0.15) is 38.5 Å². The lowest BCUT2D eigenvalue weighted by Crippen LogP contribution is -2.40. The van der Waals surface area contributed by atoms with Crippen LogP contribution in [0.3, 0.4) is 0 Å². The third-order valence-electron chi connectivity index (χ3n) is 4.20. The summed E-state index contributed by atoms with van der Waals surface area (Å²) in [5, 5.41) is 0. The standard InChI is InChI=1S/C14H28N4/c1-17(2)13(12-7-8-12)11-16-14(15)18-9-5-3-4-6-10-18/h12-13H,3-11H2,1-2H3,(H2,15,16)/t13-/m1/s1. The summed E-state index contributed by atoms with van der Waals surface area (Å²) in [7, 11) is 4.31. The van der Waals surface area contributed by atoms with Gasteiger partial charge in [0.25, 0.3) is 0 Å². The Bertz CT molecular complexity index is 274. The van der Waals surface area contributed by atoms with Gasteiger partial charge in [-0.25, -0.2) is 0 Å². The van der Waals surface area contributed by atoms with E-state index >= 15 is 0 Å². The second-order valence-corrected chi connectivity index (χ2v) is 5.97. The highest BCUT2D eigenvalue weighted by Crippen LogP contribution is 2.34. The number of likely N-dealkylation sites (N-methyl/N-ethyl adjacent to an activating group) is 1. The van der Waals surface area contributed by atoms with Gasteiger partial charge < -0.3 is 15.5 Å². The molecule has 1 saturated heterocycles. The average molecular weight is 252 g/mol. The number of aliphatic imine (C=N–C) groups is 1. The molecule has 2 N–H and O–H groups in total. The summed E-state index contributed by atoms with van der Waals surface area (Å²) >= 11 is 0. The predicted molar refractivity (Wildman–Crippen MR) is 76.7 cm³/mol. The van der Waals surface area contributed by atoms with E-state index in [1.165, 1.54) is 38.5 Å². The largest absolute Gasteiger partial charge is 0.370 e. The Morgan fingerprint density at radius 2 is 1.83 bits per heavy atom. The van der Waals surface area contributed by atoms with Crippen molar-refractivity contribution in [3.8, 4) is 0 Å². The molecule has 1 atom stereocenters. The van der Waals surface area contributed by atoms with Crippen molar-refractivity contribution in [2.24, 2.45) is 16.6 Å². The van der Waals surface area contributed by atoms with Gasteiger partial charge in [0.05, 0.1) is 6.54 Å². The van der Waals surface area contributed by atoms with Crippen LogP contribution in [-0.2, 0) is 0 Å². The summed E-state index contributed by atoms with van der Waals surface area (Å²) in [5.41, 5.74) is 6.14. The van der Waals surface area contributed by atoms with Gasteiger partial charge in [-0.3, -0.25) is 4.99 Å². The van der Waals surface area contributed by atoms with Gasteiger partial charge in [-0.05, 0) is 45.7 Å². The Hall–Kier alpha value is -0.770. The molecular formula is C14H28N4. The average Bonchev–Trinajstić information content (AvgIpc) is 3.15. The van der Waals surface area contributed by atoms with Crippen LogP contribution in [0.15, 0.2) is 4.99 Å². The number of hydrogen-bond acceptors (Lipinski definition) is 2. The van der Waals surface area contributed by atoms with Gasteiger partial charge in [-0.15, -0.1) is 0 Å². The molecule has 0 aromatic carbocycles. The van der Waals surface area contributed by atoms with Crippen molar-refractivity contribution in [1.82, 2.24) is 9.80 Å². The fraction of sp³-hybridized carbons (Fsp3) is 0.929. The zero-order valence-electron chi connectivity index (χ0n) is 11.9. The zero-order chi connectivity index (χ0) is 13.0. The molecule has 0 spiro atoms. The van der Waals surface area contributed by atoms with Crippen molar-refractivity contribution >= 4 is 5.96 Å². The molecule has 1 saturated carbocycles. The first-order valence-electron chi connectivity index (χ1n) is 7.40. The lowest BCUT2D eigenvalue weighted by Gasteiger charge is -2.25. The number of nitrogens with zero attached hydrogens (tertiary/aromatic N) is 3. The van der Waals surface area contributed by atoms with E-state index in [9.17, 15) is 0 Å². The van der Waals surface area contributed by atoms with Crippen molar-refractivity contribution in [1.29, 1.82) is 0 Å². The van der Waals surface area contributed by atoms with Crippen molar-refractivity contribution in [2.75, 3.05) is 33.7 Å². The minimum Gasteiger partial charge on any atom is -0.370 e.